The minimum Gasteiger partial charge on any atom is -0.294 e. The summed E-state index contributed by atoms with van der Waals surface area (Å²) < 4.78 is 0. The SMILES string of the molecule is CC1CCC=C(Cc2ccccc2)C1=O. The first-order valence-corrected chi connectivity index (χ1v) is 5.54. The van der Waals surface area contributed by atoms with Gasteiger partial charge in [0.1, 0.15) is 0 Å². The second kappa shape index (κ2) is 4.43. The molecule has 0 saturated carbocycles. The highest BCUT2D eigenvalue weighted by Crippen LogP contribution is 2.22. The summed E-state index contributed by atoms with van der Waals surface area (Å²) in [5, 5.41) is 0. The van der Waals surface area contributed by atoms with Gasteiger partial charge < -0.3 is 0 Å². The molecule has 0 saturated heterocycles. The molecule has 0 radical (unpaired) electrons. The fourth-order valence-corrected chi connectivity index (χ4v) is 2.03. The number of benzene rings is 1. The molecule has 2 rings (SSSR count). The normalized spacial score (nSPS) is 21.3. The van der Waals surface area contributed by atoms with Crippen molar-refractivity contribution in [2.75, 3.05) is 0 Å². The summed E-state index contributed by atoms with van der Waals surface area (Å²) in [6, 6.07) is 10.2. The van der Waals surface area contributed by atoms with Gasteiger partial charge in [0, 0.05) is 12.3 Å². The van der Waals surface area contributed by atoms with Gasteiger partial charge in [-0.2, -0.15) is 0 Å². The maximum atomic E-state index is 11.9. The van der Waals surface area contributed by atoms with E-state index in [1.807, 2.05) is 25.1 Å². The van der Waals surface area contributed by atoms with Crippen LogP contribution in [0.2, 0.25) is 0 Å². The average Bonchev–Trinajstić information content (AvgIpc) is 2.26. The molecule has 0 N–H and O–H groups in total. The summed E-state index contributed by atoms with van der Waals surface area (Å²) in [6.07, 6.45) is 4.96. The first-order valence-electron chi connectivity index (χ1n) is 5.54. The predicted octanol–water partition coefficient (Wildman–Crippen LogP) is 3.15. The van der Waals surface area contributed by atoms with Crippen LogP contribution in [0.5, 0.6) is 0 Å². The van der Waals surface area contributed by atoms with E-state index < -0.39 is 0 Å². The Morgan fingerprint density at radius 3 is 2.73 bits per heavy atom. The van der Waals surface area contributed by atoms with Crippen molar-refractivity contribution in [3.8, 4) is 0 Å². The van der Waals surface area contributed by atoms with Crippen molar-refractivity contribution in [3.63, 3.8) is 0 Å². The van der Waals surface area contributed by atoms with E-state index >= 15 is 0 Å². The molecule has 1 unspecified atom stereocenters. The van der Waals surface area contributed by atoms with E-state index in [1.165, 1.54) is 5.56 Å². The van der Waals surface area contributed by atoms with Crippen LogP contribution in [-0.2, 0) is 11.2 Å². The van der Waals surface area contributed by atoms with Crippen LogP contribution in [0.15, 0.2) is 42.0 Å². The van der Waals surface area contributed by atoms with Crippen molar-refractivity contribution in [2.24, 2.45) is 5.92 Å². The van der Waals surface area contributed by atoms with Crippen LogP contribution >= 0.6 is 0 Å². The van der Waals surface area contributed by atoms with E-state index in [9.17, 15) is 4.79 Å². The molecule has 1 aliphatic rings. The maximum absolute atomic E-state index is 11.9. The van der Waals surface area contributed by atoms with Crippen molar-refractivity contribution in [2.45, 2.75) is 26.2 Å². The molecule has 0 bridgehead atoms. The molecule has 0 spiro atoms. The Bertz CT molecular complexity index is 376. The van der Waals surface area contributed by atoms with Crippen molar-refractivity contribution in [3.05, 3.63) is 47.5 Å². The second-order valence-electron chi connectivity index (χ2n) is 4.23. The van der Waals surface area contributed by atoms with Gasteiger partial charge >= 0.3 is 0 Å². The molecule has 15 heavy (non-hydrogen) atoms. The molecule has 1 atom stereocenters. The second-order valence-corrected chi connectivity index (χ2v) is 4.23. The summed E-state index contributed by atoms with van der Waals surface area (Å²) in [6.45, 7) is 2.03. The van der Waals surface area contributed by atoms with Gasteiger partial charge in [0.2, 0.25) is 0 Å². The van der Waals surface area contributed by atoms with E-state index in [0.717, 1.165) is 24.8 Å². The Kier molecular flexibility index (Phi) is 3.00. The maximum Gasteiger partial charge on any atom is 0.161 e. The lowest BCUT2D eigenvalue weighted by Crippen LogP contribution is -2.18. The van der Waals surface area contributed by atoms with Gasteiger partial charge in [-0.05, 0) is 24.0 Å². The fraction of sp³-hybridized carbons (Fsp3) is 0.357. The molecule has 1 aliphatic carbocycles. The van der Waals surface area contributed by atoms with Gasteiger partial charge in [0.25, 0.3) is 0 Å². The highest BCUT2D eigenvalue weighted by molar-refractivity contribution is 5.98. The van der Waals surface area contributed by atoms with Crippen LogP contribution < -0.4 is 0 Å². The summed E-state index contributed by atoms with van der Waals surface area (Å²) in [4.78, 5) is 11.9. The summed E-state index contributed by atoms with van der Waals surface area (Å²) in [7, 11) is 0. The quantitative estimate of drug-likeness (QED) is 0.716. The third-order valence-electron chi connectivity index (χ3n) is 2.99. The number of Topliss-reactive ketones (excluding diaryl/α,β-unsaturated/α-hetero) is 1. The molecule has 1 nitrogen and oxygen atoms in total. The molecular weight excluding hydrogens is 184 g/mol. The van der Waals surface area contributed by atoms with E-state index in [0.29, 0.717) is 5.78 Å². The van der Waals surface area contributed by atoms with Gasteiger partial charge in [-0.25, -0.2) is 0 Å². The smallest absolute Gasteiger partial charge is 0.161 e. The van der Waals surface area contributed by atoms with Crippen LogP contribution in [0.1, 0.15) is 25.3 Å². The van der Waals surface area contributed by atoms with Crippen LogP contribution in [0.3, 0.4) is 0 Å². The van der Waals surface area contributed by atoms with Crippen molar-refractivity contribution in [1.29, 1.82) is 0 Å². The fourth-order valence-electron chi connectivity index (χ4n) is 2.03. The van der Waals surface area contributed by atoms with Crippen molar-refractivity contribution >= 4 is 5.78 Å². The summed E-state index contributed by atoms with van der Waals surface area (Å²) in [5.74, 6) is 0.554. The van der Waals surface area contributed by atoms with Crippen LogP contribution in [0.25, 0.3) is 0 Å². The Hall–Kier alpha value is -1.37. The molecule has 0 heterocycles. The van der Waals surface area contributed by atoms with Crippen LogP contribution in [0, 0.1) is 5.92 Å². The van der Waals surface area contributed by atoms with Crippen molar-refractivity contribution < 1.29 is 4.79 Å². The Balaban J connectivity index is 2.13. The number of allylic oxidation sites excluding steroid dienone is 2. The third kappa shape index (κ3) is 2.35. The van der Waals surface area contributed by atoms with E-state index in [2.05, 4.69) is 18.2 Å². The zero-order chi connectivity index (χ0) is 10.7. The largest absolute Gasteiger partial charge is 0.294 e. The number of carbonyl (C=O) groups is 1. The topological polar surface area (TPSA) is 17.1 Å². The van der Waals surface area contributed by atoms with E-state index in [-0.39, 0.29) is 5.92 Å². The first kappa shape index (κ1) is 10.2. The Morgan fingerprint density at radius 1 is 1.27 bits per heavy atom. The minimum absolute atomic E-state index is 0.216. The minimum atomic E-state index is 0.216. The lowest BCUT2D eigenvalue weighted by Gasteiger charge is -2.17. The average molecular weight is 200 g/mol. The number of carbonyl (C=O) groups excluding carboxylic acids is 1. The lowest BCUT2D eigenvalue weighted by atomic mass is 9.86. The molecule has 0 aliphatic heterocycles. The monoisotopic (exact) mass is 200 g/mol. The summed E-state index contributed by atoms with van der Waals surface area (Å²) >= 11 is 0. The summed E-state index contributed by atoms with van der Waals surface area (Å²) in [5.41, 5.74) is 2.23. The number of ketones is 1. The van der Waals surface area contributed by atoms with E-state index in [1.54, 1.807) is 0 Å². The number of rotatable bonds is 2. The highest BCUT2D eigenvalue weighted by atomic mass is 16.1. The molecule has 0 aromatic heterocycles. The number of hydrogen-bond acceptors (Lipinski definition) is 1. The van der Waals surface area contributed by atoms with Gasteiger partial charge in [-0.15, -0.1) is 0 Å². The Labute approximate surface area is 90.8 Å². The van der Waals surface area contributed by atoms with Gasteiger partial charge in [-0.3, -0.25) is 4.79 Å². The zero-order valence-corrected chi connectivity index (χ0v) is 9.07. The molecule has 1 aromatic carbocycles. The first-order chi connectivity index (χ1) is 7.27. The van der Waals surface area contributed by atoms with Gasteiger partial charge in [0.05, 0.1) is 0 Å². The van der Waals surface area contributed by atoms with Gasteiger partial charge in [0.15, 0.2) is 5.78 Å². The Morgan fingerprint density at radius 2 is 2.00 bits per heavy atom. The standard InChI is InChI=1S/C14H16O/c1-11-6-5-9-13(14(11)15)10-12-7-3-2-4-8-12/h2-4,7-9,11H,5-6,10H2,1H3. The third-order valence-corrected chi connectivity index (χ3v) is 2.99. The molecule has 1 aromatic rings. The highest BCUT2D eigenvalue weighted by Gasteiger charge is 2.20. The number of hydrogen-bond donors (Lipinski definition) is 0. The molecular formula is C14H16O. The van der Waals surface area contributed by atoms with Crippen LogP contribution in [0.4, 0.5) is 0 Å². The van der Waals surface area contributed by atoms with E-state index in [4.69, 9.17) is 0 Å². The molecule has 0 fully saturated rings. The molecule has 78 valence electrons. The zero-order valence-electron chi connectivity index (χ0n) is 9.07. The lowest BCUT2D eigenvalue weighted by molar-refractivity contribution is -0.119. The predicted molar refractivity (Wildman–Crippen MR) is 61.6 cm³/mol. The molecule has 1 heteroatoms. The van der Waals surface area contributed by atoms with Gasteiger partial charge in [-0.1, -0.05) is 43.3 Å². The molecule has 0 amide bonds. The van der Waals surface area contributed by atoms with Crippen molar-refractivity contribution in [1.82, 2.24) is 0 Å². The van der Waals surface area contributed by atoms with Crippen LogP contribution in [-0.4, -0.2) is 5.78 Å².